The van der Waals surface area contributed by atoms with Crippen molar-refractivity contribution in [2.75, 3.05) is 36.4 Å². The second-order valence-corrected chi connectivity index (χ2v) is 5.46. The molecule has 1 aliphatic heterocycles. The zero-order valence-electron chi connectivity index (χ0n) is 12.1. The van der Waals surface area contributed by atoms with Crippen molar-refractivity contribution in [3.63, 3.8) is 0 Å². The average Bonchev–Trinajstić information content (AvgIpc) is 3.26. The lowest BCUT2D eigenvalue weighted by Crippen LogP contribution is -2.48. The summed E-state index contributed by atoms with van der Waals surface area (Å²) < 4.78 is 0. The van der Waals surface area contributed by atoms with E-state index in [9.17, 15) is 4.79 Å². The topological polar surface area (TPSA) is 70.2 Å². The van der Waals surface area contributed by atoms with Gasteiger partial charge in [-0.3, -0.25) is 4.79 Å². The minimum absolute atomic E-state index is 0.0623. The number of nitrogens with one attached hydrogen (secondary N) is 2. The number of hydrogen-bond acceptors (Lipinski definition) is 5. The molecule has 1 aromatic rings. The van der Waals surface area contributed by atoms with Crippen LogP contribution in [0.1, 0.15) is 37.1 Å². The van der Waals surface area contributed by atoms with Crippen molar-refractivity contribution in [1.82, 2.24) is 15.3 Å². The molecule has 6 heteroatoms. The number of piperazine rings is 1. The molecule has 0 bridgehead atoms. The number of rotatable bonds is 4. The van der Waals surface area contributed by atoms with Gasteiger partial charge in [0, 0.05) is 31.1 Å². The zero-order valence-corrected chi connectivity index (χ0v) is 12.1. The van der Waals surface area contributed by atoms with Crippen molar-refractivity contribution in [2.45, 2.75) is 32.6 Å². The van der Waals surface area contributed by atoms with E-state index < -0.39 is 0 Å². The SMILES string of the molecule is CCNc1nc(C2CC2)nc(N2CCNC(=O)C2)c1C. The summed E-state index contributed by atoms with van der Waals surface area (Å²) in [6.07, 6.45) is 2.35. The molecular formula is C14H21N5O. The van der Waals surface area contributed by atoms with Crippen LogP contribution in [0.3, 0.4) is 0 Å². The van der Waals surface area contributed by atoms with Crippen LogP contribution in [0.2, 0.25) is 0 Å². The van der Waals surface area contributed by atoms with Gasteiger partial charge in [-0.1, -0.05) is 0 Å². The Bertz CT molecular complexity index is 527. The smallest absolute Gasteiger partial charge is 0.239 e. The fraction of sp³-hybridized carbons (Fsp3) is 0.643. The van der Waals surface area contributed by atoms with Gasteiger partial charge in [-0.15, -0.1) is 0 Å². The minimum atomic E-state index is 0.0623. The molecule has 0 radical (unpaired) electrons. The van der Waals surface area contributed by atoms with E-state index in [1.807, 2.05) is 6.92 Å². The standard InChI is InChI=1S/C14H21N5O/c1-3-15-12-9(2)14(18-13(17-12)10-4-5-10)19-7-6-16-11(20)8-19/h10H,3-8H2,1-2H3,(H,16,20)(H,15,17,18). The van der Waals surface area contributed by atoms with Crippen molar-refractivity contribution in [3.8, 4) is 0 Å². The molecule has 0 atom stereocenters. The molecule has 1 saturated heterocycles. The third kappa shape index (κ3) is 2.55. The Morgan fingerprint density at radius 1 is 1.40 bits per heavy atom. The largest absolute Gasteiger partial charge is 0.370 e. The predicted octanol–water partition coefficient (Wildman–Crippen LogP) is 1.03. The van der Waals surface area contributed by atoms with Gasteiger partial charge >= 0.3 is 0 Å². The summed E-state index contributed by atoms with van der Waals surface area (Å²) in [5.74, 6) is 3.31. The first-order valence-corrected chi connectivity index (χ1v) is 7.33. The zero-order chi connectivity index (χ0) is 14.1. The van der Waals surface area contributed by atoms with E-state index >= 15 is 0 Å². The first kappa shape index (κ1) is 13.1. The summed E-state index contributed by atoms with van der Waals surface area (Å²) in [6.45, 7) is 6.79. The summed E-state index contributed by atoms with van der Waals surface area (Å²) in [4.78, 5) is 23.0. The Balaban J connectivity index is 1.96. The van der Waals surface area contributed by atoms with Crippen molar-refractivity contribution in [3.05, 3.63) is 11.4 Å². The van der Waals surface area contributed by atoms with Crippen molar-refractivity contribution in [1.29, 1.82) is 0 Å². The molecule has 0 aromatic carbocycles. The van der Waals surface area contributed by atoms with Crippen molar-refractivity contribution < 1.29 is 4.79 Å². The summed E-state index contributed by atoms with van der Waals surface area (Å²) in [6, 6.07) is 0. The average molecular weight is 275 g/mol. The van der Waals surface area contributed by atoms with E-state index in [4.69, 9.17) is 4.98 Å². The molecule has 20 heavy (non-hydrogen) atoms. The summed E-state index contributed by atoms with van der Waals surface area (Å²) >= 11 is 0. The molecule has 108 valence electrons. The Morgan fingerprint density at radius 3 is 2.85 bits per heavy atom. The molecule has 3 rings (SSSR count). The number of anilines is 2. The van der Waals surface area contributed by atoms with Gasteiger partial charge in [-0.05, 0) is 26.7 Å². The maximum absolute atomic E-state index is 11.6. The lowest BCUT2D eigenvalue weighted by molar-refractivity contribution is -0.120. The second kappa shape index (κ2) is 5.26. The van der Waals surface area contributed by atoms with E-state index in [-0.39, 0.29) is 5.91 Å². The normalized spacial score (nSPS) is 18.9. The highest BCUT2D eigenvalue weighted by atomic mass is 16.2. The molecular weight excluding hydrogens is 254 g/mol. The molecule has 0 spiro atoms. The number of amides is 1. The van der Waals surface area contributed by atoms with Gasteiger partial charge in [-0.25, -0.2) is 9.97 Å². The van der Waals surface area contributed by atoms with Gasteiger partial charge in [0.2, 0.25) is 5.91 Å². The molecule has 1 amide bonds. The van der Waals surface area contributed by atoms with E-state index in [0.717, 1.165) is 36.1 Å². The first-order chi connectivity index (χ1) is 9.69. The summed E-state index contributed by atoms with van der Waals surface area (Å²) in [5.41, 5.74) is 1.03. The van der Waals surface area contributed by atoms with Crippen LogP contribution >= 0.6 is 0 Å². The fourth-order valence-corrected chi connectivity index (χ4v) is 2.51. The van der Waals surface area contributed by atoms with Crippen LogP contribution in [0.25, 0.3) is 0 Å². The minimum Gasteiger partial charge on any atom is -0.370 e. The quantitative estimate of drug-likeness (QED) is 0.859. The second-order valence-electron chi connectivity index (χ2n) is 5.46. The highest BCUT2D eigenvalue weighted by molar-refractivity contribution is 5.82. The van der Waals surface area contributed by atoms with Crippen LogP contribution in [-0.2, 0) is 4.79 Å². The number of hydrogen-bond donors (Lipinski definition) is 2. The number of nitrogens with zero attached hydrogens (tertiary/aromatic N) is 3. The van der Waals surface area contributed by atoms with Gasteiger partial charge in [0.1, 0.15) is 17.5 Å². The molecule has 1 saturated carbocycles. The molecule has 0 unspecified atom stereocenters. The molecule has 1 aromatic heterocycles. The van der Waals surface area contributed by atoms with Gasteiger partial charge in [-0.2, -0.15) is 0 Å². The van der Waals surface area contributed by atoms with Crippen LogP contribution < -0.4 is 15.5 Å². The van der Waals surface area contributed by atoms with E-state index in [0.29, 0.717) is 19.0 Å². The highest BCUT2D eigenvalue weighted by Crippen LogP contribution is 2.40. The lowest BCUT2D eigenvalue weighted by Gasteiger charge is -2.29. The first-order valence-electron chi connectivity index (χ1n) is 7.33. The molecule has 2 heterocycles. The number of aromatic nitrogens is 2. The fourth-order valence-electron chi connectivity index (χ4n) is 2.51. The predicted molar refractivity (Wildman–Crippen MR) is 78.1 cm³/mol. The Morgan fingerprint density at radius 2 is 2.20 bits per heavy atom. The Labute approximate surface area is 119 Å². The van der Waals surface area contributed by atoms with Gasteiger partial charge in [0.25, 0.3) is 0 Å². The maximum atomic E-state index is 11.6. The Kier molecular flexibility index (Phi) is 3.46. The molecule has 2 fully saturated rings. The van der Waals surface area contributed by atoms with Gasteiger partial charge in [0.05, 0.1) is 6.54 Å². The number of carbonyl (C=O) groups excluding carboxylic acids is 1. The Hall–Kier alpha value is -1.85. The molecule has 2 aliphatic rings. The third-order valence-corrected chi connectivity index (χ3v) is 3.76. The monoisotopic (exact) mass is 275 g/mol. The summed E-state index contributed by atoms with van der Waals surface area (Å²) in [7, 11) is 0. The van der Waals surface area contributed by atoms with Crippen LogP contribution in [0.4, 0.5) is 11.6 Å². The highest BCUT2D eigenvalue weighted by Gasteiger charge is 2.29. The lowest BCUT2D eigenvalue weighted by atomic mass is 10.2. The van der Waals surface area contributed by atoms with E-state index in [1.165, 1.54) is 12.8 Å². The molecule has 6 nitrogen and oxygen atoms in total. The number of carbonyl (C=O) groups is 1. The maximum Gasteiger partial charge on any atom is 0.239 e. The van der Waals surface area contributed by atoms with Crippen LogP contribution in [0, 0.1) is 6.92 Å². The van der Waals surface area contributed by atoms with Gasteiger partial charge in [0.15, 0.2) is 0 Å². The van der Waals surface area contributed by atoms with Crippen LogP contribution in [0.5, 0.6) is 0 Å². The van der Waals surface area contributed by atoms with E-state index in [2.05, 4.69) is 27.4 Å². The van der Waals surface area contributed by atoms with Crippen LogP contribution in [0.15, 0.2) is 0 Å². The van der Waals surface area contributed by atoms with Gasteiger partial charge < -0.3 is 15.5 Å². The van der Waals surface area contributed by atoms with E-state index in [1.54, 1.807) is 0 Å². The van der Waals surface area contributed by atoms with Crippen LogP contribution in [-0.4, -0.2) is 42.1 Å². The molecule has 1 aliphatic carbocycles. The van der Waals surface area contributed by atoms with Crippen molar-refractivity contribution in [2.24, 2.45) is 0 Å². The summed E-state index contributed by atoms with van der Waals surface area (Å²) in [5, 5.41) is 6.16. The third-order valence-electron chi connectivity index (χ3n) is 3.76. The molecule has 2 N–H and O–H groups in total. The van der Waals surface area contributed by atoms with Crippen molar-refractivity contribution >= 4 is 17.5 Å².